The van der Waals surface area contributed by atoms with Crippen LogP contribution < -0.4 is 0 Å². The highest BCUT2D eigenvalue weighted by Crippen LogP contribution is 2.44. The summed E-state index contributed by atoms with van der Waals surface area (Å²) in [4.78, 5) is 30.4. The maximum Gasteiger partial charge on any atom is 0.417 e. The Balaban J connectivity index is 1.16. The zero-order chi connectivity index (χ0) is 53.0. The SMILES string of the molecule is Cc1ccc(-c2ccc3c(c2)c2cc(-c4ccc(C(F)(F)F)cc4C)ccc2n3-c2ccc(-c3nc(-c4ccccc4)nc(-c4ccccc4)n3)cc2-c2nc(-c3ccccc3)nc(-c3ccccc3)n2)c(C(F)(F)F)c1. The van der Waals surface area contributed by atoms with E-state index in [0.717, 1.165) is 40.5 Å². The predicted molar refractivity (Wildman–Crippen MR) is 291 cm³/mol. The zero-order valence-electron chi connectivity index (χ0n) is 41.1. The van der Waals surface area contributed by atoms with Crippen LogP contribution in [0.3, 0.4) is 0 Å². The number of hydrogen-bond acceptors (Lipinski definition) is 6. The average Bonchev–Trinajstić information content (AvgIpc) is 3.84. The minimum atomic E-state index is -4.65. The molecular formula is C64H41F6N7. The van der Waals surface area contributed by atoms with Crippen molar-refractivity contribution in [3.05, 3.63) is 235 Å². The van der Waals surface area contributed by atoms with Gasteiger partial charge in [-0.1, -0.05) is 157 Å². The number of aromatic nitrogens is 7. The van der Waals surface area contributed by atoms with Crippen LogP contribution in [0.4, 0.5) is 26.3 Å². The first-order valence-electron chi connectivity index (χ1n) is 24.6. The second-order valence-corrected chi connectivity index (χ2v) is 18.7. The van der Waals surface area contributed by atoms with Crippen molar-refractivity contribution in [3.63, 3.8) is 0 Å². The zero-order valence-corrected chi connectivity index (χ0v) is 41.1. The third kappa shape index (κ3) is 9.37. The summed E-state index contributed by atoms with van der Waals surface area (Å²) in [6, 6.07) is 62.9. The Morgan fingerprint density at radius 3 is 1.18 bits per heavy atom. The number of hydrogen-bond donors (Lipinski definition) is 0. The molecule has 0 saturated carbocycles. The fourth-order valence-electron chi connectivity index (χ4n) is 9.84. The molecule has 0 radical (unpaired) electrons. The van der Waals surface area contributed by atoms with Gasteiger partial charge < -0.3 is 4.57 Å². The first kappa shape index (κ1) is 48.3. The monoisotopic (exact) mass is 1020 g/mol. The van der Waals surface area contributed by atoms with Crippen LogP contribution in [0.15, 0.2) is 212 Å². The normalized spacial score (nSPS) is 11.9. The molecule has 7 nitrogen and oxygen atoms in total. The van der Waals surface area contributed by atoms with Crippen LogP contribution in [0, 0.1) is 13.8 Å². The van der Waals surface area contributed by atoms with Crippen molar-refractivity contribution in [2.24, 2.45) is 0 Å². The largest absolute Gasteiger partial charge is 0.417 e. The second-order valence-electron chi connectivity index (χ2n) is 18.7. The van der Waals surface area contributed by atoms with E-state index in [0.29, 0.717) is 101 Å². The number of benzene rings is 9. The van der Waals surface area contributed by atoms with Crippen LogP contribution in [0.25, 0.3) is 118 Å². The van der Waals surface area contributed by atoms with Crippen LogP contribution >= 0.6 is 0 Å². The van der Waals surface area contributed by atoms with Gasteiger partial charge in [-0.15, -0.1) is 0 Å². The van der Waals surface area contributed by atoms with Crippen molar-refractivity contribution >= 4 is 21.8 Å². The van der Waals surface area contributed by atoms with E-state index in [4.69, 9.17) is 29.9 Å². The van der Waals surface area contributed by atoms with Gasteiger partial charge in [0.05, 0.1) is 27.8 Å². The van der Waals surface area contributed by atoms with Gasteiger partial charge in [0, 0.05) is 44.2 Å². The second kappa shape index (κ2) is 19.3. The van der Waals surface area contributed by atoms with Gasteiger partial charge in [0.15, 0.2) is 34.9 Å². The summed E-state index contributed by atoms with van der Waals surface area (Å²) in [6.45, 7) is 3.24. The lowest BCUT2D eigenvalue weighted by Crippen LogP contribution is -2.07. The molecule has 0 amide bonds. The molecule has 0 unspecified atom stereocenters. The van der Waals surface area contributed by atoms with Gasteiger partial charge in [-0.05, 0) is 102 Å². The van der Waals surface area contributed by atoms with Crippen molar-refractivity contribution < 1.29 is 26.3 Å². The van der Waals surface area contributed by atoms with E-state index in [2.05, 4.69) is 0 Å². The Morgan fingerprint density at radius 1 is 0.325 bits per heavy atom. The Hall–Kier alpha value is -9.62. The first-order valence-corrected chi connectivity index (χ1v) is 24.6. The predicted octanol–water partition coefficient (Wildman–Crippen LogP) is 17.1. The van der Waals surface area contributed by atoms with Crippen molar-refractivity contribution in [1.29, 1.82) is 0 Å². The summed E-state index contributed by atoms with van der Waals surface area (Å²) >= 11 is 0. The van der Waals surface area contributed by atoms with E-state index in [-0.39, 0.29) is 5.56 Å². The lowest BCUT2D eigenvalue weighted by Gasteiger charge is -2.17. The standard InChI is InChI=1S/C64H41F6N7/c1-38-23-28-49(53(33-38)64(68,69)70)45-25-31-55-51(36-45)50-35-44(48-29-27-47(34-39(48)2)63(65,66)67)24-30-54(50)77(55)56-32-26-46(61-73-57(40-15-7-3-8-16-40)71-58(74-61)41-17-9-4-10-18-41)37-52(56)62-75-59(42-19-11-5-12-20-42)72-60(76-62)43-21-13-6-14-22-43/h3-37H,1-2H3. The Kier molecular flexibility index (Phi) is 12.1. The van der Waals surface area contributed by atoms with E-state index in [1.807, 2.05) is 162 Å². The highest BCUT2D eigenvalue weighted by Gasteiger charge is 2.34. The Morgan fingerprint density at radius 2 is 0.740 bits per heavy atom. The first-order chi connectivity index (χ1) is 37.2. The lowest BCUT2D eigenvalue weighted by atomic mass is 9.95. The minimum absolute atomic E-state index is 0.000145. The molecule has 77 heavy (non-hydrogen) atoms. The summed E-state index contributed by atoms with van der Waals surface area (Å²) < 4.78 is 88.3. The molecule has 0 bridgehead atoms. The Bertz CT molecular complexity index is 4080. The van der Waals surface area contributed by atoms with Gasteiger partial charge in [0.1, 0.15) is 0 Å². The molecule has 3 aromatic heterocycles. The van der Waals surface area contributed by atoms with E-state index in [1.54, 1.807) is 38.1 Å². The molecular weight excluding hydrogens is 981 g/mol. The van der Waals surface area contributed by atoms with Crippen molar-refractivity contribution in [3.8, 4) is 96.3 Å². The molecule has 13 heteroatoms. The highest BCUT2D eigenvalue weighted by atomic mass is 19.4. The topological polar surface area (TPSA) is 82.3 Å². The van der Waals surface area contributed by atoms with Crippen molar-refractivity contribution in [2.75, 3.05) is 0 Å². The molecule has 9 aromatic carbocycles. The summed E-state index contributed by atoms with van der Waals surface area (Å²) in [5.41, 5.74) is 6.87. The maximum absolute atomic E-state index is 14.8. The summed E-state index contributed by atoms with van der Waals surface area (Å²) in [7, 11) is 0. The molecule has 0 saturated heterocycles. The minimum Gasteiger partial charge on any atom is -0.308 e. The fourth-order valence-corrected chi connectivity index (χ4v) is 9.84. The van der Waals surface area contributed by atoms with Gasteiger partial charge in [-0.2, -0.15) is 26.3 Å². The van der Waals surface area contributed by atoms with E-state index < -0.39 is 23.5 Å². The third-order valence-corrected chi connectivity index (χ3v) is 13.6. The van der Waals surface area contributed by atoms with Crippen molar-refractivity contribution in [2.45, 2.75) is 26.2 Å². The molecule has 374 valence electrons. The molecule has 0 spiro atoms. The number of alkyl halides is 6. The van der Waals surface area contributed by atoms with E-state index in [1.165, 1.54) is 12.1 Å². The number of fused-ring (bicyclic) bond motifs is 3. The molecule has 3 heterocycles. The summed E-state index contributed by atoms with van der Waals surface area (Å²) in [6.07, 6.45) is -9.20. The van der Waals surface area contributed by atoms with Crippen LogP contribution in [0.5, 0.6) is 0 Å². The smallest absolute Gasteiger partial charge is 0.308 e. The van der Waals surface area contributed by atoms with E-state index in [9.17, 15) is 26.3 Å². The van der Waals surface area contributed by atoms with Crippen LogP contribution in [-0.2, 0) is 12.4 Å². The Labute approximate surface area is 437 Å². The number of aryl methyl sites for hydroxylation is 2. The van der Waals surface area contributed by atoms with Gasteiger partial charge in [-0.25, -0.2) is 29.9 Å². The van der Waals surface area contributed by atoms with Crippen LogP contribution in [0.2, 0.25) is 0 Å². The van der Waals surface area contributed by atoms with Crippen LogP contribution in [-0.4, -0.2) is 34.5 Å². The molecule has 0 N–H and O–H groups in total. The van der Waals surface area contributed by atoms with Gasteiger partial charge in [-0.3, -0.25) is 0 Å². The number of rotatable bonds is 9. The molecule has 12 rings (SSSR count). The average molecular weight is 1020 g/mol. The maximum atomic E-state index is 14.8. The molecule has 0 atom stereocenters. The number of halogens is 6. The van der Waals surface area contributed by atoms with Crippen molar-refractivity contribution in [1.82, 2.24) is 34.5 Å². The van der Waals surface area contributed by atoms with E-state index >= 15 is 0 Å². The highest BCUT2D eigenvalue weighted by molar-refractivity contribution is 6.12. The summed E-state index contributed by atoms with van der Waals surface area (Å²) in [5, 5.41) is 1.23. The lowest BCUT2D eigenvalue weighted by molar-refractivity contribution is -0.138. The molecule has 12 aromatic rings. The third-order valence-electron chi connectivity index (χ3n) is 13.6. The fraction of sp³-hybridized carbons (Fsp3) is 0.0625. The molecule has 0 aliphatic heterocycles. The molecule has 0 aliphatic rings. The van der Waals surface area contributed by atoms with Gasteiger partial charge >= 0.3 is 12.4 Å². The quantitative estimate of drug-likeness (QED) is 0.134. The van der Waals surface area contributed by atoms with Crippen LogP contribution in [0.1, 0.15) is 22.3 Å². The van der Waals surface area contributed by atoms with Gasteiger partial charge in [0.25, 0.3) is 0 Å². The molecule has 0 fully saturated rings. The van der Waals surface area contributed by atoms with Gasteiger partial charge in [0.2, 0.25) is 0 Å². The molecule has 0 aliphatic carbocycles. The number of nitrogens with zero attached hydrogens (tertiary/aromatic N) is 7. The summed E-state index contributed by atoms with van der Waals surface area (Å²) in [5.74, 6) is 2.40.